The van der Waals surface area contributed by atoms with Gasteiger partial charge in [-0.1, -0.05) is 0 Å². The van der Waals surface area contributed by atoms with E-state index in [4.69, 9.17) is 9.47 Å². The van der Waals surface area contributed by atoms with Crippen molar-refractivity contribution in [3.05, 3.63) is 0 Å². The highest BCUT2D eigenvalue weighted by atomic mass is 16.5. The number of nitrogens with one attached hydrogen (secondary N) is 1. The van der Waals surface area contributed by atoms with Gasteiger partial charge in [0.25, 0.3) is 0 Å². The smallest absolute Gasteiger partial charge is 0.246 e. The number of hydrogen-bond acceptors (Lipinski definition) is 4. The van der Waals surface area contributed by atoms with Crippen LogP contribution in [0.3, 0.4) is 0 Å². The highest BCUT2D eigenvalue weighted by molar-refractivity contribution is 5.77. The number of hydrogen-bond donors (Lipinski definition) is 2. The van der Waals surface area contributed by atoms with E-state index in [9.17, 15) is 9.90 Å². The van der Waals surface area contributed by atoms with Crippen molar-refractivity contribution in [1.82, 2.24) is 5.32 Å². The van der Waals surface area contributed by atoms with E-state index in [2.05, 4.69) is 5.32 Å². The summed E-state index contributed by atoms with van der Waals surface area (Å²) in [6, 6.07) is 0. The fourth-order valence-electron chi connectivity index (χ4n) is 1.55. The lowest BCUT2D eigenvalue weighted by Crippen LogP contribution is -2.48. The Kier molecular flexibility index (Phi) is 4.70. The molecule has 2 atom stereocenters. The molecule has 1 amide bonds. The van der Waals surface area contributed by atoms with Crippen LogP contribution in [0.2, 0.25) is 0 Å². The minimum absolute atomic E-state index is 0.0302. The molecule has 1 aliphatic rings. The monoisotopic (exact) mass is 231 g/mol. The summed E-state index contributed by atoms with van der Waals surface area (Å²) in [6.45, 7) is 6.33. The number of amides is 1. The summed E-state index contributed by atoms with van der Waals surface area (Å²) in [5, 5.41) is 12.8. The second-order valence-electron chi connectivity index (χ2n) is 4.50. The topological polar surface area (TPSA) is 67.8 Å². The minimum atomic E-state index is -0.937. The highest BCUT2D eigenvalue weighted by Gasteiger charge is 2.39. The van der Waals surface area contributed by atoms with Gasteiger partial charge >= 0.3 is 0 Å². The molecule has 5 nitrogen and oxygen atoms in total. The zero-order valence-electron chi connectivity index (χ0n) is 10.2. The van der Waals surface area contributed by atoms with Crippen LogP contribution in [0.1, 0.15) is 27.2 Å². The van der Waals surface area contributed by atoms with Crippen LogP contribution in [-0.2, 0) is 14.3 Å². The largest absolute Gasteiger partial charge is 0.385 e. The Labute approximate surface area is 96.1 Å². The van der Waals surface area contributed by atoms with Crippen LogP contribution >= 0.6 is 0 Å². The molecule has 0 spiro atoms. The molecular formula is C11H21NO4. The van der Waals surface area contributed by atoms with Gasteiger partial charge in [0.2, 0.25) is 5.91 Å². The summed E-state index contributed by atoms with van der Waals surface area (Å²) in [5.74, 6) is -0.207. The summed E-state index contributed by atoms with van der Waals surface area (Å²) in [5.41, 5.74) is -0.937. The van der Waals surface area contributed by atoms with E-state index < -0.39 is 5.60 Å². The Hall–Kier alpha value is -0.650. The third kappa shape index (κ3) is 3.73. The summed E-state index contributed by atoms with van der Waals surface area (Å²) < 4.78 is 10.4. The van der Waals surface area contributed by atoms with Gasteiger partial charge in [0.1, 0.15) is 12.2 Å². The maximum absolute atomic E-state index is 11.4. The zero-order chi connectivity index (χ0) is 12.2. The number of carbonyl (C=O) groups excluding carboxylic acids is 1. The third-order valence-electron chi connectivity index (χ3n) is 2.80. The van der Waals surface area contributed by atoms with Crippen molar-refractivity contribution < 1.29 is 19.4 Å². The normalized spacial score (nSPS) is 29.7. The summed E-state index contributed by atoms with van der Waals surface area (Å²) in [6.07, 6.45) is 0.348. The summed E-state index contributed by atoms with van der Waals surface area (Å²) in [4.78, 5) is 11.4. The van der Waals surface area contributed by atoms with Gasteiger partial charge in [-0.05, 0) is 20.8 Å². The number of ether oxygens (including phenoxy) is 2. The lowest BCUT2D eigenvalue weighted by atomic mass is 9.97. The van der Waals surface area contributed by atoms with Gasteiger partial charge in [-0.2, -0.15) is 0 Å². The molecule has 1 heterocycles. The van der Waals surface area contributed by atoms with Crippen LogP contribution in [0.5, 0.6) is 0 Å². The molecule has 0 aliphatic carbocycles. The van der Waals surface area contributed by atoms with E-state index in [-0.39, 0.29) is 31.3 Å². The molecule has 94 valence electrons. The van der Waals surface area contributed by atoms with Crippen molar-refractivity contribution in [2.24, 2.45) is 0 Å². The zero-order valence-corrected chi connectivity index (χ0v) is 10.2. The van der Waals surface area contributed by atoms with Crippen molar-refractivity contribution in [1.29, 1.82) is 0 Å². The van der Waals surface area contributed by atoms with Crippen molar-refractivity contribution in [2.45, 2.75) is 45.0 Å². The van der Waals surface area contributed by atoms with Gasteiger partial charge in [0, 0.05) is 19.6 Å². The Morgan fingerprint density at radius 1 is 1.69 bits per heavy atom. The lowest BCUT2D eigenvalue weighted by Gasteiger charge is -2.26. The van der Waals surface area contributed by atoms with Crippen LogP contribution in [0.4, 0.5) is 0 Å². The average molecular weight is 231 g/mol. The number of rotatable bonds is 5. The van der Waals surface area contributed by atoms with Gasteiger partial charge in [-0.15, -0.1) is 0 Å². The molecule has 1 saturated heterocycles. The first-order valence-electron chi connectivity index (χ1n) is 5.66. The Bertz CT molecular complexity index is 244. The molecule has 1 rings (SSSR count). The molecule has 0 aromatic heterocycles. The molecule has 2 N–H and O–H groups in total. The first-order valence-corrected chi connectivity index (χ1v) is 5.66. The molecule has 16 heavy (non-hydrogen) atoms. The van der Waals surface area contributed by atoms with Gasteiger partial charge in [-0.3, -0.25) is 4.79 Å². The van der Waals surface area contributed by atoms with E-state index >= 15 is 0 Å². The summed E-state index contributed by atoms with van der Waals surface area (Å²) in [7, 11) is 0. The molecule has 1 fully saturated rings. The average Bonchev–Trinajstić information content (AvgIpc) is 2.54. The molecule has 5 heteroatoms. The maximum Gasteiger partial charge on any atom is 0.246 e. The first-order chi connectivity index (χ1) is 7.44. The third-order valence-corrected chi connectivity index (χ3v) is 2.80. The predicted octanol–water partition coefficient (Wildman–Crippen LogP) is 0.0675. The fraction of sp³-hybridized carbons (Fsp3) is 0.909. The van der Waals surface area contributed by atoms with Crippen molar-refractivity contribution in [3.8, 4) is 0 Å². The maximum atomic E-state index is 11.4. The van der Waals surface area contributed by atoms with E-state index in [1.807, 2.05) is 20.8 Å². The van der Waals surface area contributed by atoms with E-state index in [1.165, 1.54) is 0 Å². The van der Waals surface area contributed by atoms with Gasteiger partial charge in [-0.25, -0.2) is 0 Å². The van der Waals surface area contributed by atoms with E-state index in [0.29, 0.717) is 13.0 Å². The second kappa shape index (κ2) is 5.61. The summed E-state index contributed by atoms with van der Waals surface area (Å²) >= 11 is 0. The Morgan fingerprint density at radius 3 is 2.88 bits per heavy atom. The second-order valence-corrected chi connectivity index (χ2v) is 4.50. The molecule has 1 aliphatic heterocycles. The van der Waals surface area contributed by atoms with Crippen molar-refractivity contribution in [2.75, 3.05) is 19.8 Å². The number of carbonyl (C=O) groups is 1. The van der Waals surface area contributed by atoms with Crippen molar-refractivity contribution >= 4 is 5.91 Å². The molecular weight excluding hydrogens is 210 g/mol. The van der Waals surface area contributed by atoms with E-state index in [1.54, 1.807) is 0 Å². The molecule has 2 unspecified atom stereocenters. The molecule has 0 saturated carbocycles. The molecule has 0 aromatic carbocycles. The van der Waals surface area contributed by atoms with Crippen molar-refractivity contribution in [3.63, 3.8) is 0 Å². The quantitative estimate of drug-likeness (QED) is 0.702. The van der Waals surface area contributed by atoms with Crippen LogP contribution in [0.15, 0.2) is 0 Å². The standard InChI is InChI=1S/C11H21NO4/c1-8(2)16-6-10(13)12-7-11(14)4-5-15-9(11)3/h8-9,14H,4-7H2,1-3H3,(H,12,13). The van der Waals surface area contributed by atoms with Gasteiger partial charge in [0.05, 0.1) is 12.2 Å². The van der Waals surface area contributed by atoms with Crippen LogP contribution in [0, 0.1) is 0 Å². The lowest BCUT2D eigenvalue weighted by molar-refractivity contribution is -0.128. The van der Waals surface area contributed by atoms with E-state index in [0.717, 1.165) is 0 Å². The first kappa shape index (κ1) is 13.4. The minimum Gasteiger partial charge on any atom is -0.385 e. The molecule has 0 aromatic rings. The Balaban J connectivity index is 2.26. The van der Waals surface area contributed by atoms with Gasteiger partial charge < -0.3 is 19.9 Å². The molecule has 0 bridgehead atoms. The number of aliphatic hydroxyl groups is 1. The fourth-order valence-corrected chi connectivity index (χ4v) is 1.55. The van der Waals surface area contributed by atoms with Gasteiger partial charge in [0.15, 0.2) is 0 Å². The molecule has 0 radical (unpaired) electrons. The predicted molar refractivity (Wildman–Crippen MR) is 59.1 cm³/mol. The van der Waals surface area contributed by atoms with Crippen LogP contribution in [0.25, 0.3) is 0 Å². The Morgan fingerprint density at radius 2 is 2.38 bits per heavy atom. The highest BCUT2D eigenvalue weighted by Crippen LogP contribution is 2.24. The van der Waals surface area contributed by atoms with Crippen LogP contribution < -0.4 is 5.32 Å². The van der Waals surface area contributed by atoms with Crippen LogP contribution in [-0.4, -0.2) is 48.6 Å². The SMILES string of the molecule is CC(C)OCC(=O)NCC1(O)CCOC1C.